The molecule has 0 atom stereocenters. The molecule has 2 rings (SSSR count). The molecule has 1 aromatic rings. The number of hydrogen-bond acceptors (Lipinski definition) is 4. The van der Waals surface area contributed by atoms with E-state index in [1.807, 2.05) is 0 Å². The van der Waals surface area contributed by atoms with Crippen LogP contribution in [0.2, 0.25) is 0 Å². The Hall–Kier alpha value is -1.82. The van der Waals surface area contributed by atoms with Gasteiger partial charge in [-0.3, -0.25) is 14.5 Å². The summed E-state index contributed by atoms with van der Waals surface area (Å²) in [7, 11) is 0. The zero-order chi connectivity index (χ0) is 14.4. The van der Waals surface area contributed by atoms with Gasteiger partial charge in [-0.25, -0.2) is 0 Å². The topological polar surface area (TPSA) is 71.8 Å². The fourth-order valence-electron chi connectivity index (χ4n) is 2.36. The Balaban J connectivity index is 1.89. The van der Waals surface area contributed by atoms with Crippen molar-refractivity contribution in [2.24, 2.45) is 0 Å². The van der Waals surface area contributed by atoms with Crippen LogP contribution in [0.15, 0.2) is 23.1 Å². The first-order valence-electron chi connectivity index (χ1n) is 6.93. The molecule has 1 aromatic heterocycles. The standard InChI is InChI=1S/C14H20N2O4/c17-13(18)11-16-8-4-5-12(14(16)19)20-10-9-15-6-2-1-3-7-15/h4-5,8H,1-3,6-7,9-11H2,(H,17,18). The van der Waals surface area contributed by atoms with E-state index in [1.54, 1.807) is 12.1 Å². The van der Waals surface area contributed by atoms with E-state index in [9.17, 15) is 9.59 Å². The molecule has 0 aliphatic carbocycles. The van der Waals surface area contributed by atoms with Crippen LogP contribution in [0, 0.1) is 0 Å². The quantitative estimate of drug-likeness (QED) is 0.834. The molecular formula is C14H20N2O4. The van der Waals surface area contributed by atoms with E-state index in [1.165, 1.54) is 25.5 Å². The summed E-state index contributed by atoms with van der Waals surface area (Å²) in [4.78, 5) is 24.9. The molecule has 0 amide bonds. The molecule has 6 heteroatoms. The fraction of sp³-hybridized carbons (Fsp3) is 0.571. The summed E-state index contributed by atoms with van der Waals surface area (Å²) < 4.78 is 6.63. The minimum Gasteiger partial charge on any atom is -0.487 e. The fourth-order valence-corrected chi connectivity index (χ4v) is 2.36. The van der Waals surface area contributed by atoms with E-state index in [4.69, 9.17) is 9.84 Å². The number of pyridine rings is 1. The summed E-state index contributed by atoms with van der Waals surface area (Å²) in [6, 6.07) is 3.21. The van der Waals surface area contributed by atoms with Crippen LogP contribution in [0.25, 0.3) is 0 Å². The number of carbonyl (C=O) groups is 1. The number of aromatic nitrogens is 1. The Bertz CT molecular complexity index is 506. The molecule has 0 radical (unpaired) electrons. The number of piperidine rings is 1. The van der Waals surface area contributed by atoms with E-state index >= 15 is 0 Å². The highest BCUT2D eigenvalue weighted by Gasteiger charge is 2.11. The van der Waals surface area contributed by atoms with Crippen molar-refractivity contribution in [2.45, 2.75) is 25.8 Å². The second-order valence-electron chi connectivity index (χ2n) is 4.95. The van der Waals surface area contributed by atoms with E-state index in [2.05, 4.69) is 4.90 Å². The van der Waals surface area contributed by atoms with Crippen molar-refractivity contribution in [3.8, 4) is 5.75 Å². The van der Waals surface area contributed by atoms with Crippen molar-refractivity contribution in [2.75, 3.05) is 26.2 Å². The van der Waals surface area contributed by atoms with Crippen LogP contribution in [-0.2, 0) is 11.3 Å². The number of carboxylic acid groups (broad SMARTS) is 1. The second kappa shape index (κ2) is 7.09. The Labute approximate surface area is 117 Å². The molecule has 1 saturated heterocycles. The average molecular weight is 280 g/mol. The summed E-state index contributed by atoms with van der Waals surface area (Å²) in [5.41, 5.74) is -0.395. The minimum absolute atomic E-state index is 0.214. The van der Waals surface area contributed by atoms with Crippen LogP contribution in [0.5, 0.6) is 5.75 Å². The van der Waals surface area contributed by atoms with Crippen molar-refractivity contribution in [1.29, 1.82) is 0 Å². The molecule has 6 nitrogen and oxygen atoms in total. The Morgan fingerprint density at radius 3 is 2.75 bits per heavy atom. The van der Waals surface area contributed by atoms with E-state index < -0.39 is 11.5 Å². The molecule has 1 N–H and O–H groups in total. The van der Waals surface area contributed by atoms with Gasteiger partial charge >= 0.3 is 5.97 Å². The highest BCUT2D eigenvalue weighted by Crippen LogP contribution is 2.08. The van der Waals surface area contributed by atoms with Crippen molar-refractivity contribution >= 4 is 5.97 Å². The van der Waals surface area contributed by atoms with Crippen molar-refractivity contribution in [3.05, 3.63) is 28.7 Å². The molecule has 2 heterocycles. The summed E-state index contributed by atoms with van der Waals surface area (Å²) in [6.07, 6.45) is 5.18. The van der Waals surface area contributed by atoms with Crippen LogP contribution < -0.4 is 10.3 Å². The number of likely N-dealkylation sites (tertiary alicyclic amines) is 1. The molecule has 0 saturated carbocycles. The van der Waals surface area contributed by atoms with Crippen molar-refractivity contribution in [3.63, 3.8) is 0 Å². The number of carboxylic acids is 1. The van der Waals surface area contributed by atoms with Gasteiger partial charge in [0.25, 0.3) is 5.56 Å². The van der Waals surface area contributed by atoms with Crippen LogP contribution in [0.4, 0.5) is 0 Å². The zero-order valence-corrected chi connectivity index (χ0v) is 11.5. The maximum Gasteiger partial charge on any atom is 0.323 e. The van der Waals surface area contributed by atoms with E-state index in [-0.39, 0.29) is 12.3 Å². The molecule has 0 bridgehead atoms. The van der Waals surface area contributed by atoms with Gasteiger partial charge in [0.2, 0.25) is 0 Å². The second-order valence-corrected chi connectivity index (χ2v) is 4.95. The molecule has 0 spiro atoms. The highest BCUT2D eigenvalue weighted by atomic mass is 16.5. The third-order valence-corrected chi connectivity index (χ3v) is 3.40. The maximum atomic E-state index is 11.9. The van der Waals surface area contributed by atoms with Gasteiger partial charge in [-0.2, -0.15) is 0 Å². The van der Waals surface area contributed by atoms with Gasteiger partial charge in [0.05, 0.1) is 0 Å². The van der Waals surface area contributed by atoms with Gasteiger partial charge in [-0.15, -0.1) is 0 Å². The third-order valence-electron chi connectivity index (χ3n) is 3.40. The predicted octanol–water partition coefficient (Wildman–Crippen LogP) is 0.798. The SMILES string of the molecule is O=C(O)Cn1cccc(OCCN2CCCCC2)c1=O. The monoisotopic (exact) mass is 280 g/mol. The van der Waals surface area contributed by atoms with Gasteiger partial charge in [-0.05, 0) is 38.1 Å². The first-order valence-corrected chi connectivity index (χ1v) is 6.93. The molecule has 1 aliphatic rings. The summed E-state index contributed by atoms with van der Waals surface area (Å²) in [5, 5.41) is 8.72. The lowest BCUT2D eigenvalue weighted by molar-refractivity contribution is -0.137. The molecule has 110 valence electrons. The zero-order valence-electron chi connectivity index (χ0n) is 11.5. The number of ether oxygens (including phenoxy) is 1. The molecule has 20 heavy (non-hydrogen) atoms. The van der Waals surface area contributed by atoms with Crippen molar-refractivity contribution < 1.29 is 14.6 Å². The summed E-state index contributed by atoms with van der Waals surface area (Å²) in [6.45, 7) is 3.07. The molecule has 0 unspecified atom stereocenters. The lowest BCUT2D eigenvalue weighted by atomic mass is 10.1. The largest absolute Gasteiger partial charge is 0.487 e. The van der Waals surface area contributed by atoms with E-state index in [0.29, 0.717) is 6.61 Å². The average Bonchev–Trinajstić information content (AvgIpc) is 2.43. The first-order chi connectivity index (χ1) is 9.66. The molecule has 1 fully saturated rings. The van der Waals surface area contributed by atoms with Crippen LogP contribution in [-0.4, -0.2) is 46.8 Å². The van der Waals surface area contributed by atoms with Gasteiger partial charge < -0.3 is 14.4 Å². The van der Waals surface area contributed by atoms with Crippen LogP contribution in [0.1, 0.15) is 19.3 Å². The molecule has 0 aromatic carbocycles. The van der Waals surface area contributed by atoms with Gasteiger partial charge in [0.15, 0.2) is 5.75 Å². The minimum atomic E-state index is -1.04. The van der Waals surface area contributed by atoms with Gasteiger partial charge in [0.1, 0.15) is 13.2 Å². The normalized spacial score (nSPS) is 16.0. The van der Waals surface area contributed by atoms with Crippen LogP contribution in [0.3, 0.4) is 0 Å². The molecule has 1 aliphatic heterocycles. The van der Waals surface area contributed by atoms with Crippen molar-refractivity contribution in [1.82, 2.24) is 9.47 Å². The number of aliphatic carboxylic acids is 1. The van der Waals surface area contributed by atoms with E-state index in [0.717, 1.165) is 24.2 Å². The lowest BCUT2D eigenvalue weighted by Gasteiger charge is -2.26. The smallest absolute Gasteiger partial charge is 0.323 e. The number of rotatable bonds is 6. The maximum absolute atomic E-state index is 11.9. The Morgan fingerprint density at radius 2 is 2.05 bits per heavy atom. The lowest BCUT2D eigenvalue weighted by Crippen LogP contribution is -2.34. The van der Waals surface area contributed by atoms with Gasteiger partial charge in [-0.1, -0.05) is 6.42 Å². The highest BCUT2D eigenvalue weighted by molar-refractivity contribution is 5.66. The Morgan fingerprint density at radius 1 is 1.30 bits per heavy atom. The Kier molecular flexibility index (Phi) is 5.17. The van der Waals surface area contributed by atoms with Crippen LogP contribution >= 0.6 is 0 Å². The third kappa shape index (κ3) is 4.09. The number of nitrogens with zero attached hydrogens (tertiary/aromatic N) is 2. The predicted molar refractivity (Wildman–Crippen MR) is 74.1 cm³/mol. The summed E-state index contributed by atoms with van der Waals surface area (Å²) in [5.74, 6) is -0.830. The number of hydrogen-bond donors (Lipinski definition) is 1. The molecular weight excluding hydrogens is 260 g/mol. The van der Waals surface area contributed by atoms with Gasteiger partial charge in [0, 0.05) is 12.7 Å². The summed E-state index contributed by atoms with van der Waals surface area (Å²) >= 11 is 0. The first kappa shape index (κ1) is 14.6.